The van der Waals surface area contributed by atoms with Gasteiger partial charge in [-0.2, -0.15) is 4.31 Å². The van der Waals surface area contributed by atoms with Crippen LogP contribution >= 0.6 is 11.6 Å². The zero-order valence-electron chi connectivity index (χ0n) is 16.5. The highest BCUT2D eigenvalue weighted by Gasteiger charge is 2.27. The number of hydrogen-bond acceptors (Lipinski definition) is 4. The molecular weight excluding hydrogens is 422 g/mol. The number of aromatic nitrogens is 1. The average molecular weight is 444 g/mol. The van der Waals surface area contributed by atoms with Gasteiger partial charge >= 0.3 is 0 Å². The van der Waals surface area contributed by atoms with Crippen LogP contribution in [0.4, 0.5) is 0 Å². The number of carbonyl (C=O) groups excluding carboxylic acids is 1. The second-order valence-corrected chi connectivity index (χ2v) is 9.16. The number of rotatable bonds is 8. The molecule has 0 fully saturated rings. The smallest absolute Gasteiger partial charge is 0.243 e. The first-order valence-electron chi connectivity index (χ1n) is 9.32. The number of pyridine rings is 1. The lowest BCUT2D eigenvalue weighted by molar-refractivity contribution is -0.121. The van der Waals surface area contributed by atoms with Crippen molar-refractivity contribution in [2.45, 2.75) is 24.9 Å². The molecule has 0 spiro atoms. The van der Waals surface area contributed by atoms with Crippen LogP contribution in [0.1, 0.15) is 16.7 Å². The lowest BCUT2D eigenvalue weighted by Gasteiger charge is -2.23. The van der Waals surface area contributed by atoms with E-state index in [1.54, 1.807) is 24.5 Å². The maximum atomic E-state index is 13.3. The summed E-state index contributed by atoms with van der Waals surface area (Å²) in [4.78, 5) is 16.6. The van der Waals surface area contributed by atoms with Crippen LogP contribution < -0.4 is 5.32 Å². The predicted octanol–water partition coefficient (Wildman–Crippen LogP) is 3.55. The summed E-state index contributed by atoms with van der Waals surface area (Å²) in [5.41, 5.74) is 2.66. The van der Waals surface area contributed by atoms with Gasteiger partial charge in [0.25, 0.3) is 0 Å². The van der Waals surface area contributed by atoms with Gasteiger partial charge in [0.1, 0.15) is 0 Å². The normalized spacial score (nSPS) is 11.4. The molecule has 3 aromatic rings. The molecule has 1 N–H and O–H groups in total. The Balaban J connectivity index is 1.82. The van der Waals surface area contributed by atoms with Crippen molar-refractivity contribution in [1.82, 2.24) is 14.6 Å². The number of hydrogen-bond donors (Lipinski definition) is 1. The summed E-state index contributed by atoms with van der Waals surface area (Å²) >= 11 is 5.90. The van der Waals surface area contributed by atoms with Crippen LogP contribution in [0, 0.1) is 6.92 Å². The number of nitrogens with one attached hydrogen (secondary N) is 1. The standard InChI is InChI=1S/C22H22ClN3O3S/c1-17-4-2-3-5-19(17)15-26(30(28,29)21-8-6-20(23)7-9-21)16-22(27)25-14-18-10-12-24-13-11-18/h2-13H,14-16H2,1H3,(H,25,27). The Morgan fingerprint density at radius 3 is 2.37 bits per heavy atom. The Labute approximate surface area is 181 Å². The molecule has 1 aromatic heterocycles. The second kappa shape index (κ2) is 9.84. The molecule has 0 aliphatic carbocycles. The number of aryl methyl sites for hydroxylation is 1. The molecule has 0 aliphatic heterocycles. The van der Waals surface area contributed by atoms with E-state index in [1.807, 2.05) is 31.2 Å². The molecular formula is C22H22ClN3O3S. The second-order valence-electron chi connectivity index (χ2n) is 6.79. The fraction of sp³-hybridized carbons (Fsp3) is 0.182. The third-order valence-electron chi connectivity index (χ3n) is 4.62. The number of sulfonamides is 1. The van der Waals surface area contributed by atoms with E-state index in [4.69, 9.17) is 11.6 Å². The van der Waals surface area contributed by atoms with E-state index in [9.17, 15) is 13.2 Å². The van der Waals surface area contributed by atoms with E-state index in [0.29, 0.717) is 11.6 Å². The molecule has 0 radical (unpaired) electrons. The minimum absolute atomic E-state index is 0.0836. The third-order valence-corrected chi connectivity index (χ3v) is 6.68. The lowest BCUT2D eigenvalue weighted by Crippen LogP contribution is -2.40. The maximum absolute atomic E-state index is 13.3. The van der Waals surface area contributed by atoms with Gasteiger partial charge in [-0.05, 0) is 60.0 Å². The number of benzene rings is 2. The summed E-state index contributed by atoms with van der Waals surface area (Å²) in [6.07, 6.45) is 3.27. The lowest BCUT2D eigenvalue weighted by atomic mass is 10.1. The largest absolute Gasteiger partial charge is 0.351 e. The van der Waals surface area contributed by atoms with Crippen molar-refractivity contribution >= 4 is 27.5 Å². The molecule has 8 heteroatoms. The van der Waals surface area contributed by atoms with Crippen molar-refractivity contribution in [2.24, 2.45) is 0 Å². The summed E-state index contributed by atoms with van der Waals surface area (Å²) in [7, 11) is -3.91. The van der Waals surface area contributed by atoms with Crippen LogP contribution in [-0.4, -0.2) is 30.2 Å². The summed E-state index contributed by atoms with van der Waals surface area (Å²) < 4.78 is 27.7. The van der Waals surface area contributed by atoms with Crippen LogP contribution in [0.5, 0.6) is 0 Å². The van der Waals surface area contributed by atoms with Gasteiger partial charge in [-0.1, -0.05) is 35.9 Å². The summed E-state index contributed by atoms with van der Waals surface area (Å²) in [5, 5.41) is 3.21. The molecule has 3 rings (SSSR count). The molecule has 1 amide bonds. The van der Waals surface area contributed by atoms with Crippen LogP contribution in [0.3, 0.4) is 0 Å². The molecule has 0 saturated heterocycles. The van der Waals surface area contributed by atoms with Crippen molar-refractivity contribution < 1.29 is 13.2 Å². The van der Waals surface area contributed by atoms with E-state index >= 15 is 0 Å². The maximum Gasteiger partial charge on any atom is 0.243 e. The van der Waals surface area contributed by atoms with Crippen molar-refractivity contribution in [2.75, 3.05) is 6.54 Å². The Bertz CT molecular complexity index is 1100. The summed E-state index contributed by atoms with van der Waals surface area (Å²) in [5.74, 6) is -0.391. The van der Waals surface area contributed by atoms with Gasteiger partial charge in [0.05, 0.1) is 11.4 Å². The summed E-state index contributed by atoms with van der Waals surface area (Å²) in [6, 6.07) is 17.0. The number of nitrogens with zero attached hydrogens (tertiary/aromatic N) is 2. The van der Waals surface area contributed by atoms with Gasteiger partial charge in [0, 0.05) is 30.5 Å². The van der Waals surface area contributed by atoms with Gasteiger partial charge in [-0.25, -0.2) is 8.42 Å². The van der Waals surface area contributed by atoms with Crippen LogP contribution in [0.15, 0.2) is 78.0 Å². The van der Waals surface area contributed by atoms with E-state index in [2.05, 4.69) is 10.3 Å². The molecule has 30 heavy (non-hydrogen) atoms. The third kappa shape index (κ3) is 5.66. The van der Waals surface area contributed by atoms with Gasteiger partial charge < -0.3 is 5.32 Å². The predicted molar refractivity (Wildman–Crippen MR) is 116 cm³/mol. The Morgan fingerprint density at radius 2 is 1.70 bits per heavy atom. The SMILES string of the molecule is Cc1ccccc1CN(CC(=O)NCc1ccncc1)S(=O)(=O)c1ccc(Cl)cc1. The zero-order valence-corrected chi connectivity index (χ0v) is 18.0. The molecule has 0 bridgehead atoms. The molecule has 0 aliphatic rings. The minimum Gasteiger partial charge on any atom is -0.351 e. The molecule has 0 unspecified atom stereocenters. The molecule has 0 atom stereocenters. The molecule has 156 valence electrons. The quantitative estimate of drug-likeness (QED) is 0.577. The van der Waals surface area contributed by atoms with Crippen molar-refractivity contribution in [3.63, 3.8) is 0 Å². The number of amides is 1. The fourth-order valence-corrected chi connectivity index (χ4v) is 4.38. The van der Waals surface area contributed by atoms with E-state index in [1.165, 1.54) is 28.6 Å². The monoisotopic (exact) mass is 443 g/mol. The van der Waals surface area contributed by atoms with Crippen molar-refractivity contribution in [1.29, 1.82) is 0 Å². The summed E-state index contributed by atoms with van der Waals surface area (Å²) in [6.45, 7) is 1.98. The van der Waals surface area contributed by atoms with Crippen molar-refractivity contribution in [3.05, 3.63) is 94.8 Å². The highest BCUT2D eigenvalue weighted by Crippen LogP contribution is 2.21. The zero-order chi connectivity index (χ0) is 21.6. The fourth-order valence-electron chi connectivity index (χ4n) is 2.88. The first kappa shape index (κ1) is 22.0. The molecule has 1 heterocycles. The Hall–Kier alpha value is -2.74. The van der Waals surface area contributed by atoms with Crippen LogP contribution in [0.2, 0.25) is 5.02 Å². The van der Waals surface area contributed by atoms with Gasteiger partial charge in [0.2, 0.25) is 15.9 Å². The molecule has 6 nitrogen and oxygen atoms in total. The van der Waals surface area contributed by atoms with Crippen molar-refractivity contribution in [3.8, 4) is 0 Å². The Kier molecular flexibility index (Phi) is 7.20. The van der Waals surface area contributed by atoms with Gasteiger partial charge in [-0.15, -0.1) is 0 Å². The minimum atomic E-state index is -3.91. The van der Waals surface area contributed by atoms with Crippen LogP contribution in [-0.2, 0) is 27.9 Å². The molecule has 0 saturated carbocycles. The van der Waals surface area contributed by atoms with Crippen LogP contribution in [0.25, 0.3) is 0 Å². The topological polar surface area (TPSA) is 79.4 Å². The molecule has 2 aromatic carbocycles. The highest BCUT2D eigenvalue weighted by molar-refractivity contribution is 7.89. The Morgan fingerprint density at radius 1 is 1.03 bits per heavy atom. The van der Waals surface area contributed by atoms with E-state index < -0.39 is 15.9 Å². The highest BCUT2D eigenvalue weighted by atomic mass is 35.5. The van der Waals surface area contributed by atoms with E-state index in [0.717, 1.165) is 16.7 Å². The number of halogens is 1. The van der Waals surface area contributed by atoms with E-state index in [-0.39, 0.29) is 18.0 Å². The number of carbonyl (C=O) groups is 1. The first-order chi connectivity index (χ1) is 14.4. The first-order valence-corrected chi connectivity index (χ1v) is 11.1. The van der Waals surface area contributed by atoms with Gasteiger partial charge in [-0.3, -0.25) is 9.78 Å². The average Bonchev–Trinajstić information content (AvgIpc) is 2.74. The van der Waals surface area contributed by atoms with Gasteiger partial charge in [0.15, 0.2) is 0 Å².